The van der Waals surface area contributed by atoms with Crippen molar-refractivity contribution in [3.63, 3.8) is 0 Å². The quantitative estimate of drug-likeness (QED) is 0.684. The van der Waals surface area contributed by atoms with E-state index in [0.717, 1.165) is 25.9 Å². The van der Waals surface area contributed by atoms with E-state index in [4.69, 9.17) is 4.74 Å². The van der Waals surface area contributed by atoms with Crippen LogP contribution in [-0.4, -0.2) is 19.7 Å². The molecule has 1 N–H and O–H groups in total. The number of ether oxygens (including phenoxy) is 1. The van der Waals surface area contributed by atoms with Gasteiger partial charge in [0.2, 0.25) is 0 Å². The van der Waals surface area contributed by atoms with Gasteiger partial charge >= 0.3 is 0 Å². The Labute approximate surface area is 116 Å². The van der Waals surface area contributed by atoms with Gasteiger partial charge < -0.3 is 10.1 Å². The smallest absolute Gasteiger partial charge is 0.129 e. The topological polar surface area (TPSA) is 21.3 Å². The van der Waals surface area contributed by atoms with Crippen molar-refractivity contribution >= 4 is 0 Å². The molecular weight excluding hydrogens is 241 g/mol. The highest BCUT2D eigenvalue weighted by atomic mass is 19.1. The average molecular weight is 267 g/mol. The van der Waals surface area contributed by atoms with Gasteiger partial charge in [0.25, 0.3) is 0 Å². The van der Waals surface area contributed by atoms with E-state index >= 15 is 0 Å². The number of hydrogen-bond acceptors (Lipinski definition) is 2. The lowest BCUT2D eigenvalue weighted by molar-refractivity contribution is 0.303. The van der Waals surface area contributed by atoms with Gasteiger partial charge in [-0.25, -0.2) is 4.39 Å². The van der Waals surface area contributed by atoms with Gasteiger partial charge in [0, 0.05) is 6.07 Å². The first-order valence-corrected chi connectivity index (χ1v) is 7.19. The van der Waals surface area contributed by atoms with Crippen LogP contribution in [0.5, 0.6) is 5.75 Å². The SMILES string of the molecule is Cc1ccc(OCCCCCNCC(C)C)cc1F. The fourth-order valence-corrected chi connectivity index (χ4v) is 1.77. The molecule has 19 heavy (non-hydrogen) atoms. The van der Waals surface area contributed by atoms with Crippen molar-refractivity contribution in [2.45, 2.75) is 40.0 Å². The lowest BCUT2D eigenvalue weighted by Crippen LogP contribution is -2.20. The predicted octanol–water partition coefficient (Wildman–Crippen LogP) is 3.93. The van der Waals surface area contributed by atoms with Crippen LogP contribution in [0.2, 0.25) is 0 Å². The van der Waals surface area contributed by atoms with E-state index in [0.29, 0.717) is 23.8 Å². The molecule has 0 saturated carbocycles. The molecule has 0 atom stereocenters. The molecule has 1 aromatic rings. The summed E-state index contributed by atoms with van der Waals surface area (Å²) in [6, 6.07) is 5.03. The van der Waals surface area contributed by atoms with Crippen LogP contribution in [0.3, 0.4) is 0 Å². The number of aryl methyl sites for hydroxylation is 1. The molecule has 0 amide bonds. The number of rotatable bonds is 9. The van der Waals surface area contributed by atoms with Gasteiger partial charge in [-0.3, -0.25) is 0 Å². The molecule has 0 aliphatic heterocycles. The molecule has 1 aromatic carbocycles. The fourth-order valence-electron chi connectivity index (χ4n) is 1.77. The Morgan fingerprint density at radius 3 is 2.68 bits per heavy atom. The van der Waals surface area contributed by atoms with Crippen LogP contribution in [0.1, 0.15) is 38.7 Å². The van der Waals surface area contributed by atoms with E-state index in [1.807, 2.05) is 6.07 Å². The monoisotopic (exact) mass is 267 g/mol. The fraction of sp³-hybridized carbons (Fsp3) is 0.625. The molecule has 0 aromatic heterocycles. The Kier molecular flexibility index (Phi) is 7.49. The molecule has 2 nitrogen and oxygen atoms in total. The molecule has 0 bridgehead atoms. The number of benzene rings is 1. The summed E-state index contributed by atoms with van der Waals surface area (Å²) in [4.78, 5) is 0. The van der Waals surface area contributed by atoms with Crippen molar-refractivity contribution in [3.8, 4) is 5.75 Å². The van der Waals surface area contributed by atoms with Crippen molar-refractivity contribution in [1.29, 1.82) is 0 Å². The zero-order chi connectivity index (χ0) is 14.1. The number of halogens is 1. The van der Waals surface area contributed by atoms with Crippen LogP contribution in [0, 0.1) is 18.7 Å². The predicted molar refractivity (Wildman–Crippen MR) is 78.2 cm³/mol. The Morgan fingerprint density at radius 2 is 2.00 bits per heavy atom. The van der Waals surface area contributed by atoms with E-state index < -0.39 is 0 Å². The molecule has 0 unspecified atom stereocenters. The summed E-state index contributed by atoms with van der Waals surface area (Å²) < 4.78 is 18.8. The van der Waals surface area contributed by atoms with E-state index in [1.165, 1.54) is 12.5 Å². The van der Waals surface area contributed by atoms with Crippen molar-refractivity contribution in [3.05, 3.63) is 29.6 Å². The van der Waals surface area contributed by atoms with Crippen LogP contribution >= 0.6 is 0 Å². The minimum absolute atomic E-state index is 0.199. The Bertz CT molecular complexity index is 366. The van der Waals surface area contributed by atoms with Gasteiger partial charge in [-0.1, -0.05) is 19.9 Å². The third-order valence-corrected chi connectivity index (χ3v) is 2.96. The molecule has 0 heterocycles. The van der Waals surface area contributed by atoms with Gasteiger partial charge in [-0.15, -0.1) is 0 Å². The summed E-state index contributed by atoms with van der Waals surface area (Å²) in [6.45, 7) is 8.98. The first-order chi connectivity index (χ1) is 9.09. The molecule has 0 fully saturated rings. The van der Waals surface area contributed by atoms with Gasteiger partial charge in [-0.05, 0) is 56.8 Å². The standard InChI is InChI=1S/C16H26FNO/c1-13(2)12-18-9-5-4-6-10-19-15-8-7-14(3)16(17)11-15/h7-8,11,13,18H,4-6,9-10,12H2,1-3H3. The maximum atomic E-state index is 13.3. The number of hydrogen-bond donors (Lipinski definition) is 1. The lowest BCUT2D eigenvalue weighted by Gasteiger charge is -2.08. The summed E-state index contributed by atoms with van der Waals surface area (Å²) in [7, 11) is 0. The Morgan fingerprint density at radius 1 is 1.21 bits per heavy atom. The van der Waals surface area contributed by atoms with E-state index in [2.05, 4.69) is 19.2 Å². The second kappa shape index (κ2) is 8.92. The molecule has 0 aliphatic carbocycles. The first-order valence-electron chi connectivity index (χ1n) is 7.19. The summed E-state index contributed by atoms with van der Waals surface area (Å²) in [6.07, 6.45) is 3.32. The van der Waals surface area contributed by atoms with Crippen molar-refractivity contribution in [1.82, 2.24) is 5.32 Å². The molecule has 0 radical (unpaired) electrons. The molecule has 108 valence electrons. The molecule has 0 saturated heterocycles. The van der Waals surface area contributed by atoms with Gasteiger partial charge in [0.15, 0.2) is 0 Å². The minimum atomic E-state index is -0.199. The molecular formula is C16H26FNO. The number of nitrogens with one attached hydrogen (secondary N) is 1. The summed E-state index contributed by atoms with van der Waals surface area (Å²) in [5.74, 6) is 1.14. The summed E-state index contributed by atoms with van der Waals surface area (Å²) in [5, 5.41) is 3.42. The summed E-state index contributed by atoms with van der Waals surface area (Å²) in [5.41, 5.74) is 0.656. The van der Waals surface area contributed by atoms with Crippen molar-refractivity contribution < 1.29 is 9.13 Å². The zero-order valence-electron chi connectivity index (χ0n) is 12.3. The lowest BCUT2D eigenvalue weighted by atomic mass is 10.2. The maximum absolute atomic E-state index is 13.3. The molecule has 0 spiro atoms. The second-order valence-electron chi connectivity index (χ2n) is 5.42. The van der Waals surface area contributed by atoms with Crippen LogP contribution in [0.15, 0.2) is 18.2 Å². The Balaban J connectivity index is 2.03. The highest BCUT2D eigenvalue weighted by molar-refractivity contribution is 5.27. The van der Waals surface area contributed by atoms with Crippen molar-refractivity contribution in [2.24, 2.45) is 5.92 Å². The third kappa shape index (κ3) is 7.16. The van der Waals surface area contributed by atoms with Crippen LogP contribution < -0.4 is 10.1 Å². The van der Waals surface area contributed by atoms with Crippen molar-refractivity contribution in [2.75, 3.05) is 19.7 Å². The Hall–Kier alpha value is -1.09. The highest BCUT2D eigenvalue weighted by Gasteiger charge is 2.00. The van der Waals surface area contributed by atoms with Gasteiger partial charge in [0.05, 0.1) is 6.61 Å². The largest absolute Gasteiger partial charge is 0.493 e. The highest BCUT2D eigenvalue weighted by Crippen LogP contribution is 2.16. The minimum Gasteiger partial charge on any atom is -0.493 e. The third-order valence-electron chi connectivity index (χ3n) is 2.96. The molecule has 3 heteroatoms. The summed E-state index contributed by atoms with van der Waals surface area (Å²) >= 11 is 0. The van der Waals surface area contributed by atoms with E-state index in [9.17, 15) is 4.39 Å². The molecule has 0 aliphatic rings. The number of unbranched alkanes of at least 4 members (excludes halogenated alkanes) is 2. The van der Waals surface area contributed by atoms with Gasteiger partial charge in [-0.2, -0.15) is 0 Å². The normalized spacial score (nSPS) is 11.0. The first kappa shape index (κ1) is 16.0. The van der Waals surface area contributed by atoms with Gasteiger partial charge in [0.1, 0.15) is 11.6 Å². The average Bonchev–Trinajstić information content (AvgIpc) is 2.36. The second-order valence-corrected chi connectivity index (χ2v) is 5.42. The van der Waals surface area contributed by atoms with Crippen LogP contribution in [-0.2, 0) is 0 Å². The zero-order valence-corrected chi connectivity index (χ0v) is 12.3. The molecule has 1 rings (SSSR count). The van der Waals surface area contributed by atoms with Crippen LogP contribution in [0.25, 0.3) is 0 Å². The van der Waals surface area contributed by atoms with E-state index in [-0.39, 0.29) is 5.82 Å². The van der Waals surface area contributed by atoms with E-state index in [1.54, 1.807) is 13.0 Å². The van der Waals surface area contributed by atoms with Crippen LogP contribution in [0.4, 0.5) is 4.39 Å². The maximum Gasteiger partial charge on any atom is 0.129 e.